The summed E-state index contributed by atoms with van der Waals surface area (Å²) in [6.07, 6.45) is 4.32. The van der Waals surface area contributed by atoms with E-state index in [9.17, 15) is 0 Å². The second-order valence-corrected chi connectivity index (χ2v) is 5.54. The van der Waals surface area contributed by atoms with E-state index in [-0.39, 0.29) is 6.04 Å². The van der Waals surface area contributed by atoms with E-state index in [2.05, 4.69) is 28.0 Å². The van der Waals surface area contributed by atoms with Gasteiger partial charge in [-0.05, 0) is 48.3 Å². The Balaban J connectivity index is 1.96. The van der Waals surface area contributed by atoms with Crippen LogP contribution >= 0.6 is 15.9 Å². The molecule has 1 unspecified atom stereocenters. The smallest absolute Gasteiger partial charge is 0.103 e. The second kappa shape index (κ2) is 6.39. The van der Waals surface area contributed by atoms with E-state index in [4.69, 9.17) is 10.2 Å². The molecule has 1 atom stereocenters. The summed E-state index contributed by atoms with van der Waals surface area (Å²) in [4.78, 5) is 0. The van der Waals surface area contributed by atoms with Crippen molar-refractivity contribution in [3.63, 3.8) is 0 Å². The summed E-state index contributed by atoms with van der Waals surface area (Å²) in [5.41, 5.74) is 8.43. The van der Waals surface area contributed by atoms with Gasteiger partial charge in [0.1, 0.15) is 5.76 Å². The number of aryl methyl sites for hydroxylation is 3. The maximum absolute atomic E-state index is 6.22. The molecule has 0 radical (unpaired) electrons. The largest absolute Gasteiger partial charge is 0.469 e. The van der Waals surface area contributed by atoms with Crippen molar-refractivity contribution in [2.75, 3.05) is 0 Å². The molecule has 0 saturated carbocycles. The third-order valence-electron chi connectivity index (χ3n) is 3.25. The molecule has 0 spiro atoms. The molecule has 19 heavy (non-hydrogen) atoms. The molecule has 0 amide bonds. The van der Waals surface area contributed by atoms with Crippen molar-refractivity contribution >= 4 is 15.9 Å². The van der Waals surface area contributed by atoms with Crippen molar-refractivity contribution < 1.29 is 4.42 Å². The van der Waals surface area contributed by atoms with Crippen LogP contribution in [0.4, 0.5) is 0 Å². The number of halogens is 1. The summed E-state index contributed by atoms with van der Waals surface area (Å²) in [7, 11) is 0. The van der Waals surface area contributed by atoms with Gasteiger partial charge in [0.15, 0.2) is 0 Å². The van der Waals surface area contributed by atoms with Gasteiger partial charge < -0.3 is 10.2 Å². The van der Waals surface area contributed by atoms with Gasteiger partial charge in [-0.3, -0.25) is 4.68 Å². The van der Waals surface area contributed by atoms with Gasteiger partial charge in [0.05, 0.1) is 22.1 Å². The van der Waals surface area contributed by atoms with E-state index < -0.39 is 0 Å². The van der Waals surface area contributed by atoms with Gasteiger partial charge in [-0.2, -0.15) is 5.10 Å². The molecule has 104 valence electrons. The zero-order valence-electron chi connectivity index (χ0n) is 11.4. The quantitative estimate of drug-likeness (QED) is 0.887. The Morgan fingerprint density at radius 2 is 2.32 bits per heavy atom. The molecule has 2 rings (SSSR count). The molecule has 4 nitrogen and oxygen atoms in total. The van der Waals surface area contributed by atoms with Gasteiger partial charge in [-0.15, -0.1) is 0 Å². The van der Waals surface area contributed by atoms with Crippen molar-refractivity contribution in [3.8, 4) is 0 Å². The fourth-order valence-electron chi connectivity index (χ4n) is 2.20. The lowest BCUT2D eigenvalue weighted by Gasteiger charge is -2.12. The van der Waals surface area contributed by atoms with Crippen LogP contribution in [0, 0.1) is 6.92 Å². The highest BCUT2D eigenvalue weighted by Crippen LogP contribution is 2.22. The molecule has 0 bridgehead atoms. The highest BCUT2D eigenvalue weighted by molar-refractivity contribution is 9.10. The van der Waals surface area contributed by atoms with E-state index in [1.807, 2.05) is 23.7 Å². The van der Waals surface area contributed by atoms with Crippen molar-refractivity contribution in [2.24, 2.45) is 5.73 Å². The summed E-state index contributed by atoms with van der Waals surface area (Å²) >= 11 is 3.60. The average Bonchev–Trinajstić information content (AvgIpc) is 3.00. The van der Waals surface area contributed by atoms with Crippen LogP contribution in [0.15, 0.2) is 27.3 Å². The van der Waals surface area contributed by atoms with Crippen LogP contribution in [-0.2, 0) is 19.4 Å². The Morgan fingerprint density at radius 3 is 2.95 bits per heavy atom. The van der Waals surface area contributed by atoms with Gasteiger partial charge in [0, 0.05) is 25.4 Å². The van der Waals surface area contributed by atoms with E-state index in [0.717, 1.165) is 41.7 Å². The standard InChI is InChI=1S/C14H20BrN3O/c1-3-18-13(14(15)10(2)17-18)9-11(16)6-7-12-5-4-8-19-12/h4-5,8,11H,3,6-7,9,16H2,1-2H3. The Morgan fingerprint density at radius 1 is 1.53 bits per heavy atom. The molecule has 2 aromatic heterocycles. The van der Waals surface area contributed by atoms with E-state index in [0.29, 0.717) is 0 Å². The van der Waals surface area contributed by atoms with Crippen molar-refractivity contribution in [1.29, 1.82) is 0 Å². The zero-order chi connectivity index (χ0) is 13.8. The van der Waals surface area contributed by atoms with Crippen LogP contribution in [0.2, 0.25) is 0 Å². The molecule has 0 aliphatic heterocycles. The zero-order valence-corrected chi connectivity index (χ0v) is 13.0. The predicted octanol–water partition coefficient (Wildman–Crippen LogP) is 3.07. The van der Waals surface area contributed by atoms with Crippen molar-refractivity contribution in [3.05, 3.63) is 40.0 Å². The monoisotopic (exact) mass is 325 g/mol. The first-order chi connectivity index (χ1) is 9.11. The maximum atomic E-state index is 6.22. The van der Waals surface area contributed by atoms with Crippen LogP contribution in [0.5, 0.6) is 0 Å². The molecular formula is C14H20BrN3O. The minimum Gasteiger partial charge on any atom is -0.469 e. The molecule has 2 heterocycles. The Hall–Kier alpha value is -1.07. The SMILES string of the molecule is CCn1nc(C)c(Br)c1CC(N)CCc1ccco1. The summed E-state index contributed by atoms with van der Waals surface area (Å²) in [6.45, 7) is 4.97. The molecular weight excluding hydrogens is 306 g/mol. The number of hydrogen-bond acceptors (Lipinski definition) is 3. The number of hydrogen-bond donors (Lipinski definition) is 1. The first-order valence-corrected chi connectivity index (χ1v) is 7.40. The van der Waals surface area contributed by atoms with Crippen LogP contribution in [0.1, 0.15) is 30.5 Å². The van der Waals surface area contributed by atoms with Gasteiger partial charge in [0.25, 0.3) is 0 Å². The van der Waals surface area contributed by atoms with E-state index in [1.54, 1.807) is 6.26 Å². The lowest BCUT2D eigenvalue weighted by Crippen LogP contribution is -2.25. The first-order valence-electron chi connectivity index (χ1n) is 6.61. The molecule has 5 heteroatoms. The Labute approximate surface area is 122 Å². The van der Waals surface area contributed by atoms with Crippen molar-refractivity contribution in [2.45, 2.75) is 45.7 Å². The topological polar surface area (TPSA) is 57.0 Å². The summed E-state index contributed by atoms with van der Waals surface area (Å²) in [5.74, 6) is 0.995. The van der Waals surface area contributed by atoms with Crippen LogP contribution < -0.4 is 5.73 Å². The molecule has 0 aliphatic rings. The Bertz CT molecular complexity index is 519. The highest BCUT2D eigenvalue weighted by atomic mass is 79.9. The lowest BCUT2D eigenvalue weighted by atomic mass is 10.1. The Kier molecular flexibility index (Phi) is 4.82. The number of nitrogens with zero attached hydrogens (tertiary/aromatic N) is 2. The van der Waals surface area contributed by atoms with Gasteiger partial charge >= 0.3 is 0 Å². The normalized spacial score (nSPS) is 12.8. The number of rotatable bonds is 6. The second-order valence-electron chi connectivity index (χ2n) is 4.74. The number of aromatic nitrogens is 2. The molecule has 2 aromatic rings. The fourth-order valence-corrected chi connectivity index (χ4v) is 2.64. The minimum absolute atomic E-state index is 0.114. The third-order valence-corrected chi connectivity index (χ3v) is 4.28. The van der Waals surface area contributed by atoms with Gasteiger partial charge in [0.2, 0.25) is 0 Å². The van der Waals surface area contributed by atoms with Crippen LogP contribution in [0.3, 0.4) is 0 Å². The average molecular weight is 326 g/mol. The maximum Gasteiger partial charge on any atom is 0.103 e. The summed E-state index contributed by atoms with van der Waals surface area (Å²) in [5, 5.41) is 4.49. The summed E-state index contributed by atoms with van der Waals surface area (Å²) in [6, 6.07) is 4.01. The first kappa shape index (κ1) is 14.3. The molecule has 0 saturated heterocycles. The molecule has 0 aromatic carbocycles. The highest BCUT2D eigenvalue weighted by Gasteiger charge is 2.15. The van der Waals surface area contributed by atoms with Crippen LogP contribution in [0.25, 0.3) is 0 Å². The van der Waals surface area contributed by atoms with E-state index >= 15 is 0 Å². The summed E-state index contributed by atoms with van der Waals surface area (Å²) < 4.78 is 8.43. The van der Waals surface area contributed by atoms with Crippen molar-refractivity contribution in [1.82, 2.24) is 9.78 Å². The predicted molar refractivity (Wildman–Crippen MR) is 79.0 cm³/mol. The number of furan rings is 1. The van der Waals surface area contributed by atoms with Crippen LogP contribution in [-0.4, -0.2) is 15.8 Å². The van der Waals surface area contributed by atoms with E-state index in [1.165, 1.54) is 5.69 Å². The fraction of sp³-hybridized carbons (Fsp3) is 0.500. The third kappa shape index (κ3) is 3.48. The van der Waals surface area contributed by atoms with Gasteiger partial charge in [-0.1, -0.05) is 0 Å². The molecule has 0 fully saturated rings. The number of nitrogens with two attached hydrogens (primary N) is 1. The minimum atomic E-state index is 0.114. The lowest BCUT2D eigenvalue weighted by molar-refractivity contribution is 0.478. The molecule has 2 N–H and O–H groups in total. The molecule has 0 aliphatic carbocycles. The van der Waals surface area contributed by atoms with Gasteiger partial charge in [-0.25, -0.2) is 0 Å².